The van der Waals surface area contributed by atoms with Crippen LogP contribution >= 0.6 is 0 Å². The van der Waals surface area contributed by atoms with Crippen LogP contribution in [-0.4, -0.2) is 39.3 Å². The molecule has 0 spiro atoms. The number of aliphatic carboxylic acids is 1. The highest BCUT2D eigenvalue weighted by Crippen LogP contribution is 2.22. The molecule has 0 saturated carbocycles. The van der Waals surface area contributed by atoms with E-state index in [0.717, 1.165) is 16.8 Å². The van der Waals surface area contributed by atoms with E-state index in [1.54, 1.807) is 25.1 Å². The highest BCUT2D eigenvalue weighted by Gasteiger charge is 2.18. The molecule has 1 heterocycles. The fraction of sp³-hybridized carbons (Fsp3) is 0.333. The summed E-state index contributed by atoms with van der Waals surface area (Å²) in [6.45, 7) is 4.25. The summed E-state index contributed by atoms with van der Waals surface area (Å²) in [6, 6.07) is 7.63. The second kappa shape index (κ2) is 5.88. The third-order valence-electron chi connectivity index (χ3n) is 3.50. The van der Waals surface area contributed by atoms with Crippen molar-refractivity contribution in [1.29, 1.82) is 0 Å². The fourth-order valence-electron chi connectivity index (χ4n) is 2.00. The van der Waals surface area contributed by atoms with Crippen LogP contribution in [0, 0.1) is 6.92 Å². The van der Waals surface area contributed by atoms with Crippen LogP contribution in [0.4, 0.5) is 0 Å². The van der Waals surface area contributed by atoms with Crippen molar-refractivity contribution in [2.75, 3.05) is 7.05 Å². The normalized spacial score (nSPS) is 12.6. The molecule has 1 aromatic heterocycles. The molecular formula is C15H19N3O2. The Kier molecular flexibility index (Phi) is 4.20. The third kappa shape index (κ3) is 3.05. The zero-order valence-corrected chi connectivity index (χ0v) is 11.9. The second-order valence-corrected chi connectivity index (χ2v) is 5.07. The number of carbonyl (C=O) groups is 1. The average Bonchev–Trinajstić information content (AvgIpc) is 2.86. The van der Waals surface area contributed by atoms with Crippen LogP contribution in [0.15, 0.2) is 30.5 Å². The van der Waals surface area contributed by atoms with Crippen LogP contribution in [0.1, 0.15) is 18.1 Å². The Morgan fingerprint density at radius 3 is 2.65 bits per heavy atom. The maximum Gasteiger partial charge on any atom is 0.320 e. The minimum Gasteiger partial charge on any atom is -0.480 e. The van der Waals surface area contributed by atoms with E-state index in [4.69, 9.17) is 5.11 Å². The van der Waals surface area contributed by atoms with Gasteiger partial charge in [-0.3, -0.25) is 14.8 Å². The minimum atomic E-state index is -0.826. The molecule has 1 unspecified atom stereocenters. The van der Waals surface area contributed by atoms with Crippen LogP contribution in [-0.2, 0) is 11.3 Å². The number of likely N-dealkylation sites (N-methyl/N-ethyl adjacent to an activating group) is 1. The Hall–Kier alpha value is -2.14. The number of hydrogen-bond acceptors (Lipinski definition) is 3. The molecule has 0 saturated heterocycles. The molecule has 2 rings (SSSR count). The summed E-state index contributed by atoms with van der Waals surface area (Å²) in [7, 11) is 1.80. The fourth-order valence-corrected chi connectivity index (χ4v) is 2.00. The van der Waals surface area contributed by atoms with Crippen molar-refractivity contribution in [3.8, 4) is 11.3 Å². The van der Waals surface area contributed by atoms with Crippen molar-refractivity contribution >= 4 is 5.97 Å². The predicted molar refractivity (Wildman–Crippen MR) is 77.3 cm³/mol. The Morgan fingerprint density at radius 1 is 1.40 bits per heavy atom. The molecule has 0 bridgehead atoms. The second-order valence-electron chi connectivity index (χ2n) is 5.07. The summed E-state index contributed by atoms with van der Waals surface area (Å²) in [5.41, 5.74) is 4.19. The van der Waals surface area contributed by atoms with Gasteiger partial charge >= 0.3 is 5.97 Å². The van der Waals surface area contributed by atoms with Gasteiger partial charge in [-0.1, -0.05) is 29.8 Å². The van der Waals surface area contributed by atoms with Crippen LogP contribution in [0.3, 0.4) is 0 Å². The molecule has 0 aliphatic carbocycles. The largest absolute Gasteiger partial charge is 0.480 e. The predicted octanol–water partition coefficient (Wildman–Crippen LogP) is 2.29. The number of carboxylic acid groups (broad SMARTS) is 1. The molecule has 0 fully saturated rings. The average molecular weight is 273 g/mol. The van der Waals surface area contributed by atoms with Gasteiger partial charge in [0.05, 0.1) is 11.9 Å². The molecule has 0 aliphatic rings. The Morgan fingerprint density at radius 2 is 2.05 bits per heavy atom. The molecule has 2 aromatic rings. The molecule has 0 amide bonds. The summed E-state index contributed by atoms with van der Waals surface area (Å²) in [6.07, 6.45) is 1.75. The van der Waals surface area contributed by atoms with Gasteiger partial charge in [-0.2, -0.15) is 5.10 Å². The first-order chi connectivity index (χ1) is 9.49. The monoisotopic (exact) mass is 273 g/mol. The van der Waals surface area contributed by atoms with Gasteiger partial charge < -0.3 is 5.11 Å². The summed E-state index contributed by atoms with van der Waals surface area (Å²) in [5.74, 6) is -0.826. The van der Waals surface area contributed by atoms with Crippen LogP contribution < -0.4 is 0 Å². The topological polar surface area (TPSA) is 69.2 Å². The number of aromatic amines is 1. The van der Waals surface area contributed by atoms with Gasteiger partial charge in [0, 0.05) is 12.1 Å². The molecule has 2 N–H and O–H groups in total. The number of H-pyrrole nitrogens is 1. The molecule has 106 valence electrons. The first-order valence-corrected chi connectivity index (χ1v) is 6.51. The highest BCUT2D eigenvalue weighted by atomic mass is 16.4. The van der Waals surface area contributed by atoms with Gasteiger partial charge in [0.15, 0.2) is 0 Å². The lowest BCUT2D eigenvalue weighted by atomic mass is 10.1. The van der Waals surface area contributed by atoms with Gasteiger partial charge in [0.25, 0.3) is 0 Å². The maximum absolute atomic E-state index is 11.0. The number of carboxylic acids is 1. The lowest BCUT2D eigenvalue weighted by Gasteiger charge is -2.20. The van der Waals surface area contributed by atoms with Crippen molar-refractivity contribution < 1.29 is 9.90 Å². The maximum atomic E-state index is 11.0. The highest BCUT2D eigenvalue weighted by molar-refractivity contribution is 5.73. The van der Waals surface area contributed by atoms with E-state index in [2.05, 4.69) is 10.2 Å². The van der Waals surface area contributed by atoms with E-state index < -0.39 is 12.0 Å². The van der Waals surface area contributed by atoms with Crippen LogP contribution in [0.25, 0.3) is 11.3 Å². The smallest absolute Gasteiger partial charge is 0.320 e. The summed E-state index contributed by atoms with van der Waals surface area (Å²) in [5, 5.41) is 16.1. The van der Waals surface area contributed by atoms with E-state index in [1.165, 1.54) is 5.56 Å². The number of aromatic nitrogens is 2. The zero-order valence-electron chi connectivity index (χ0n) is 11.9. The molecular weight excluding hydrogens is 254 g/mol. The summed E-state index contributed by atoms with van der Waals surface area (Å²) < 4.78 is 0. The van der Waals surface area contributed by atoms with E-state index in [9.17, 15) is 4.79 Å². The quantitative estimate of drug-likeness (QED) is 0.877. The standard InChI is InChI=1S/C15H19N3O2/c1-10-4-6-12(7-5-10)14-13(8-16-17-14)9-18(3)11(2)15(19)20/h4-8,11H,9H2,1-3H3,(H,16,17)(H,19,20). The number of aryl methyl sites for hydroxylation is 1. The molecule has 5 heteroatoms. The van der Waals surface area contributed by atoms with Crippen molar-refractivity contribution in [2.24, 2.45) is 0 Å². The summed E-state index contributed by atoms with van der Waals surface area (Å²) in [4.78, 5) is 12.8. The first kappa shape index (κ1) is 14.3. The molecule has 1 atom stereocenters. The first-order valence-electron chi connectivity index (χ1n) is 6.51. The lowest BCUT2D eigenvalue weighted by Crippen LogP contribution is -2.35. The summed E-state index contributed by atoms with van der Waals surface area (Å²) >= 11 is 0. The van der Waals surface area contributed by atoms with Gasteiger partial charge in [-0.25, -0.2) is 0 Å². The van der Waals surface area contributed by atoms with Crippen molar-refractivity contribution in [3.63, 3.8) is 0 Å². The van der Waals surface area contributed by atoms with Gasteiger partial charge in [-0.15, -0.1) is 0 Å². The Bertz CT molecular complexity index is 589. The minimum absolute atomic E-state index is 0.532. The van der Waals surface area contributed by atoms with E-state index in [0.29, 0.717) is 6.54 Å². The molecule has 1 aromatic carbocycles. The Labute approximate surface area is 118 Å². The van der Waals surface area contributed by atoms with E-state index in [1.807, 2.05) is 31.2 Å². The van der Waals surface area contributed by atoms with Gasteiger partial charge in [0.2, 0.25) is 0 Å². The van der Waals surface area contributed by atoms with Crippen molar-refractivity contribution in [1.82, 2.24) is 15.1 Å². The number of rotatable bonds is 5. The number of nitrogens with zero attached hydrogens (tertiary/aromatic N) is 2. The van der Waals surface area contributed by atoms with Gasteiger partial charge in [-0.05, 0) is 26.5 Å². The SMILES string of the molecule is Cc1ccc(-c2[nH]ncc2CN(C)C(C)C(=O)O)cc1. The van der Waals surface area contributed by atoms with Gasteiger partial charge in [0.1, 0.15) is 6.04 Å². The lowest BCUT2D eigenvalue weighted by molar-refractivity contribution is -0.142. The van der Waals surface area contributed by atoms with Crippen LogP contribution in [0.5, 0.6) is 0 Å². The zero-order chi connectivity index (χ0) is 14.7. The van der Waals surface area contributed by atoms with Crippen molar-refractivity contribution in [2.45, 2.75) is 26.4 Å². The molecule has 5 nitrogen and oxygen atoms in total. The number of hydrogen-bond donors (Lipinski definition) is 2. The number of benzene rings is 1. The molecule has 0 radical (unpaired) electrons. The van der Waals surface area contributed by atoms with E-state index in [-0.39, 0.29) is 0 Å². The van der Waals surface area contributed by atoms with Crippen molar-refractivity contribution in [3.05, 3.63) is 41.6 Å². The third-order valence-corrected chi connectivity index (χ3v) is 3.50. The molecule has 0 aliphatic heterocycles. The van der Waals surface area contributed by atoms with E-state index >= 15 is 0 Å². The molecule has 20 heavy (non-hydrogen) atoms. The Balaban J connectivity index is 2.21. The number of nitrogens with one attached hydrogen (secondary N) is 1. The van der Waals surface area contributed by atoms with Crippen LogP contribution in [0.2, 0.25) is 0 Å².